The van der Waals surface area contributed by atoms with Crippen molar-refractivity contribution in [3.63, 3.8) is 0 Å². The molecule has 0 bridgehead atoms. The molecule has 0 aromatic carbocycles. The van der Waals surface area contributed by atoms with Crippen LogP contribution in [0.5, 0.6) is 0 Å². The van der Waals surface area contributed by atoms with Gasteiger partial charge in [0.1, 0.15) is 5.82 Å². The Labute approximate surface area is 110 Å². The van der Waals surface area contributed by atoms with Crippen molar-refractivity contribution in [2.24, 2.45) is 0 Å². The molecule has 0 aliphatic heterocycles. The van der Waals surface area contributed by atoms with Gasteiger partial charge in [0.05, 0.1) is 0 Å². The standard InChI is InChI=1S/C15H25N3/c1-3-7-14-13(10-16-4-2)11-17-15(18-14)12-8-5-6-9-12/h11-12,16H,3-10H2,1-2H3. The summed E-state index contributed by atoms with van der Waals surface area (Å²) in [5.41, 5.74) is 2.54. The topological polar surface area (TPSA) is 37.8 Å². The Bertz CT molecular complexity index is 370. The van der Waals surface area contributed by atoms with Gasteiger partial charge in [-0.1, -0.05) is 33.1 Å². The molecule has 1 aliphatic carbocycles. The van der Waals surface area contributed by atoms with Gasteiger partial charge in [0, 0.05) is 29.9 Å². The summed E-state index contributed by atoms with van der Waals surface area (Å²) in [7, 11) is 0. The highest BCUT2D eigenvalue weighted by Crippen LogP contribution is 2.32. The summed E-state index contributed by atoms with van der Waals surface area (Å²) in [6.07, 6.45) is 9.51. The average Bonchev–Trinajstić information content (AvgIpc) is 2.91. The van der Waals surface area contributed by atoms with Gasteiger partial charge in [0.15, 0.2) is 0 Å². The molecule has 0 saturated heterocycles. The van der Waals surface area contributed by atoms with Gasteiger partial charge in [-0.25, -0.2) is 9.97 Å². The lowest BCUT2D eigenvalue weighted by Gasteiger charge is -2.13. The van der Waals surface area contributed by atoms with Crippen LogP contribution in [0.1, 0.15) is 69.0 Å². The van der Waals surface area contributed by atoms with Crippen LogP contribution in [0.2, 0.25) is 0 Å². The van der Waals surface area contributed by atoms with E-state index >= 15 is 0 Å². The summed E-state index contributed by atoms with van der Waals surface area (Å²) in [4.78, 5) is 9.45. The Morgan fingerprint density at radius 2 is 2.06 bits per heavy atom. The van der Waals surface area contributed by atoms with Crippen LogP contribution in [0.15, 0.2) is 6.20 Å². The SMILES string of the molecule is CCCc1nc(C2CCCC2)ncc1CNCC. The molecular weight excluding hydrogens is 222 g/mol. The van der Waals surface area contributed by atoms with Gasteiger partial charge in [-0.05, 0) is 25.8 Å². The van der Waals surface area contributed by atoms with E-state index in [-0.39, 0.29) is 0 Å². The van der Waals surface area contributed by atoms with E-state index in [0.29, 0.717) is 5.92 Å². The van der Waals surface area contributed by atoms with E-state index < -0.39 is 0 Å². The Morgan fingerprint density at radius 3 is 2.72 bits per heavy atom. The van der Waals surface area contributed by atoms with E-state index in [0.717, 1.165) is 31.8 Å². The first-order valence-electron chi connectivity index (χ1n) is 7.40. The molecule has 0 radical (unpaired) electrons. The maximum Gasteiger partial charge on any atom is 0.131 e. The van der Waals surface area contributed by atoms with Gasteiger partial charge in [0.25, 0.3) is 0 Å². The summed E-state index contributed by atoms with van der Waals surface area (Å²) >= 11 is 0. The first-order valence-corrected chi connectivity index (χ1v) is 7.40. The molecule has 0 atom stereocenters. The summed E-state index contributed by atoms with van der Waals surface area (Å²) in [5, 5.41) is 3.37. The molecule has 1 aromatic heterocycles. The predicted molar refractivity (Wildman–Crippen MR) is 74.6 cm³/mol. The zero-order valence-corrected chi connectivity index (χ0v) is 11.7. The minimum atomic E-state index is 0.619. The summed E-state index contributed by atoms with van der Waals surface area (Å²) < 4.78 is 0. The monoisotopic (exact) mass is 247 g/mol. The second-order valence-electron chi connectivity index (χ2n) is 5.21. The maximum atomic E-state index is 4.85. The average molecular weight is 247 g/mol. The minimum Gasteiger partial charge on any atom is -0.313 e. The van der Waals surface area contributed by atoms with Gasteiger partial charge < -0.3 is 5.32 Å². The molecule has 18 heavy (non-hydrogen) atoms. The number of nitrogens with one attached hydrogen (secondary N) is 1. The number of nitrogens with zero attached hydrogens (tertiary/aromatic N) is 2. The number of rotatable bonds is 6. The minimum absolute atomic E-state index is 0.619. The molecule has 1 N–H and O–H groups in total. The Hall–Kier alpha value is -0.960. The van der Waals surface area contributed by atoms with Crippen LogP contribution in [0.3, 0.4) is 0 Å². The van der Waals surface area contributed by atoms with Gasteiger partial charge in [-0.2, -0.15) is 0 Å². The quantitative estimate of drug-likeness (QED) is 0.839. The Kier molecular flexibility index (Phi) is 5.12. The third-order valence-electron chi connectivity index (χ3n) is 3.75. The zero-order valence-electron chi connectivity index (χ0n) is 11.7. The highest BCUT2D eigenvalue weighted by atomic mass is 14.9. The van der Waals surface area contributed by atoms with Crippen LogP contribution >= 0.6 is 0 Å². The van der Waals surface area contributed by atoms with Crippen LogP contribution in [0.25, 0.3) is 0 Å². The van der Waals surface area contributed by atoms with E-state index in [1.807, 2.05) is 6.20 Å². The van der Waals surface area contributed by atoms with Crippen molar-refractivity contribution in [2.75, 3.05) is 6.54 Å². The molecule has 1 aliphatic rings. The molecule has 0 amide bonds. The fraction of sp³-hybridized carbons (Fsp3) is 0.733. The van der Waals surface area contributed by atoms with Gasteiger partial charge in [0.2, 0.25) is 0 Å². The summed E-state index contributed by atoms with van der Waals surface area (Å²) in [6.45, 7) is 6.24. The van der Waals surface area contributed by atoms with Crippen molar-refractivity contribution in [1.82, 2.24) is 15.3 Å². The Morgan fingerprint density at radius 1 is 1.28 bits per heavy atom. The molecule has 0 unspecified atom stereocenters. The maximum absolute atomic E-state index is 4.85. The number of aryl methyl sites for hydroxylation is 1. The number of hydrogen-bond acceptors (Lipinski definition) is 3. The lowest BCUT2D eigenvalue weighted by Crippen LogP contribution is -2.16. The van der Waals surface area contributed by atoms with Gasteiger partial charge >= 0.3 is 0 Å². The Balaban J connectivity index is 2.15. The number of aromatic nitrogens is 2. The molecule has 2 rings (SSSR count). The van der Waals surface area contributed by atoms with E-state index in [9.17, 15) is 0 Å². The molecular formula is C15H25N3. The van der Waals surface area contributed by atoms with Crippen molar-refractivity contribution in [1.29, 1.82) is 0 Å². The molecule has 0 spiro atoms. The van der Waals surface area contributed by atoms with Crippen molar-refractivity contribution in [3.8, 4) is 0 Å². The number of hydrogen-bond donors (Lipinski definition) is 1. The van der Waals surface area contributed by atoms with Crippen molar-refractivity contribution < 1.29 is 0 Å². The van der Waals surface area contributed by atoms with Crippen molar-refractivity contribution >= 4 is 0 Å². The second-order valence-corrected chi connectivity index (χ2v) is 5.21. The van der Waals surface area contributed by atoms with Crippen LogP contribution in [0.4, 0.5) is 0 Å². The third-order valence-corrected chi connectivity index (χ3v) is 3.75. The molecule has 1 aromatic rings. The van der Waals surface area contributed by atoms with Crippen LogP contribution in [-0.2, 0) is 13.0 Å². The van der Waals surface area contributed by atoms with Crippen molar-refractivity contribution in [2.45, 2.75) is 64.8 Å². The van der Waals surface area contributed by atoms with Crippen LogP contribution < -0.4 is 5.32 Å². The largest absolute Gasteiger partial charge is 0.313 e. The highest BCUT2D eigenvalue weighted by Gasteiger charge is 2.20. The summed E-state index contributed by atoms with van der Waals surface area (Å²) in [5.74, 6) is 1.71. The third kappa shape index (κ3) is 3.29. The van der Waals surface area contributed by atoms with Crippen LogP contribution in [0, 0.1) is 0 Å². The highest BCUT2D eigenvalue weighted by molar-refractivity contribution is 5.19. The lowest BCUT2D eigenvalue weighted by molar-refractivity contribution is 0.643. The van der Waals surface area contributed by atoms with Gasteiger partial charge in [-0.3, -0.25) is 0 Å². The van der Waals surface area contributed by atoms with E-state index in [2.05, 4.69) is 24.1 Å². The fourth-order valence-corrected chi connectivity index (χ4v) is 2.70. The predicted octanol–water partition coefficient (Wildman–Crippen LogP) is 3.20. The smallest absolute Gasteiger partial charge is 0.131 e. The summed E-state index contributed by atoms with van der Waals surface area (Å²) in [6, 6.07) is 0. The van der Waals surface area contributed by atoms with Gasteiger partial charge in [-0.15, -0.1) is 0 Å². The van der Waals surface area contributed by atoms with E-state index in [1.54, 1.807) is 0 Å². The fourth-order valence-electron chi connectivity index (χ4n) is 2.70. The molecule has 3 heteroatoms. The first kappa shape index (κ1) is 13.5. The zero-order chi connectivity index (χ0) is 12.8. The van der Waals surface area contributed by atoms with Crippen LogP contribution in [-0.4, -0.2) is 16.5 Å². The first-order chi connectivity index (χ1) is 8.85. The van der Waals surface area contributed by atoms with E-state index in [1.165, 1.54) is 36.9 Å². The molecule has 1 saturated carbocycles. The molecule has 1 heterocycles. The molecule has 100 valence electrons. The molecule has 3 nitrogen and oxygen atoms in total. The van der Waals surface area contributed by atoms with E-state index in [4.69, 9.17) is 4.98 Å². The molecule has 1 fully saturated rings. The lowest BCUT2D eigenvalue weighted by atomic mass is 10.1. The normalized spacial score (nSPS) is 16.3. The second kappa shape index (κ2) is 6.83. The van der Waals surface area contributed by atoms with Crippen molar-refractivity contribution in [3.05, 3.63) is 23.3 Å².